The van der Waals surface area contributed by atoms with Crippen LogP contribution in [0.5, 0.6) is 0 Å². The molecule has 0 aliphatic carbocycles. The predicted octanol–water partition coefficient (Wildman–Crippen LogP) is 2.75. The summed E-state index contributed by atoms with van der Waals surface area (Å²) in [6.45, 7) is 3.80. The van der Waals surface area contributed by atoms with E-state index in [1.807, 2.05) is 32.0 Å². The molecule has 0 heterocycles. The molecule has 1 aromatic rings. The van der Waals surface area contributed by atoms with Crippen LogP contribution in [0.2, 0.25) is 0 Å². The summed E-state index contributed by atoms with van der Waals surface area (Å²) < 4.78 is 12.5. The summed E-state index contributed by atoms with van der Waals surface area (Å²) in [5, 5.41) is 9.23. The Morgan fingerprint density at radius 1 is 1.35 bits per heavy atom. The van der Waals surface area contributed by atoms with Gasteiger partial charge in [-0.1, -0.05) is 44.2 Å². The zero-order chi connectivity index (χ0) is 15.8. The second-order valence-electron chi connectivity index (χ2n) is 4.99. The van der Waals surface area contributed by atoms with Gasteiger partial charge in [0.1, 0.15) is 12.6 Å². The van der Waals surface area contributed by atoms with E-state index in [1.165, 1.54) is 0 Å². The number of aliphatic carboxylic acids is 1. The van der Waals surface area contributed by atoms with Crippen molar-refractivity contribution in [2.75, 3.05) is 7.02 Å². The lowest BCUT2D eigenvalue weighted by atomic mass is 10.0. The van der Waals surface area contributed by atoms with E-state index < -0.39 is 25.1 Å². The molecule has 0 saturated heterocycles. The van der Waals surface area contributed by atoms with Crippen molar-refractivity contribution < 1.29 is 20.8 Å². The highest BCUT2D eigenvalue weighted by molar-refractivity contribution is 5.79. The Balaban J connectivity index is 2.68. The summed E-state index contributed by atoms with van der Waals surface area (Å²) in [6, 6.07) is 8.08. The Hall–Kier alpha value is -2.04. The van der Waals surface area contributed by atoms with Crippen LogP contribution < -0.4 is 0 Å². The Bertz CT molecular complexity index is 464. The zero-order valence-electron chi connectivity index (χ0n) is 12.8. The van der Waals surface area contributed by atoms with Crippen LogP contribution in [0.25, 0.3) is 0 Å². The van der Waals surface area contributed by atoms with Gasteiger partial charge in [0.05, 0.1) is 0 Å². The van der Waals surface area contributed by atoms with E-state index in [-0.39, 0.29) is 18.9 Å². The van der Waals surface area contributed by atoms with E-state index in [0.717, 1.165) is 10.5 Å². The first-order chi connectivity index (χ1) is 9.95. The van der Waals surface area contributed by atoms with Crippen molar-refractivity contribution in [3.63, 3.8) is 0 Å². The molecule has 20 heavy (non-hydrogen) atoms. The van der Waals surface area contributed by atoms with Crippen LogP contribution >= 0.6 is 0 Å². The third-order valence-electron chi connectivity index (χ3n) is 2.80. The minimum absolute atomic E-state index is 0.0597. The van der Waals surface area contributed by atoms with Gasteiger partial charge < -0.3 is 9.84 Å². The molecule has 110 valence electrons. The van der Waals surface area contributed by atoms with E-state index in [2.05, 4.69) is 0 Å². The fourth-order valence-corrected chi connectivity index (χ4v) is 1.74. The van der Waals surface area contributed by atoms with Crippen molar-refractivity contribution >= 4 is 12.1 Å². The highest BCUT2D eigenvalue weighted by Crippen LogP contribution is 2.12. The molecule has 1 rings (SSSR count). The first-order valence-corrected chi connectivity index (χ1v) is 6.45. The van der Waals surface area contributed by atoms with E-state index in [0.29, 0.717) is 0 Å². The van der Waals surface area contributed by atoms with Crippen molar-refractivity contribution in [2.24, 2.45) is 5.92 Å². The normalized spacial score (nSPS) is 12.7. The number of likely N-dealkylation sites (N-methyl/N-ethyl adjacent to an activating group) is 1. The Morgan fingerprint density at radius 2 is 2.00 bits per heavy atom. The molecule has 1 amide bonds. The molecule has 0 aromatic heterocycles. The third kappa shape index (κ3) is 4.91. The van der Waals surface area contributed by atoms with Crippen LogP contribution in [0.3, 0.4) is 0 Å². The van der Waals surface area contributed by atoms with Gasteiger partial charge >= 0.3 is 12.1 Å². The van der Waals surface area contributed by atoms with Crippen molar-refractivity contribution in [1.82, 2.24) is 4.90 Å². The number of carboxylic acid groups (broad SMARTS) is 1. The summed E-state index contributed by atoms with van der Waals surface area (Å²) >= 11 is 0. The SMILES string of the molecule is [2H]CN(C(=O)OCc1ccccc1)[C@@H](CC(C)C)C(=O)O. The molecule has 0 fully saturated rings. The first-order valence-electron chi connectivity index (χ1n) is 7.15. The second-order valence-corrected chi connectivity index (χ2v) is 4.99. The van der Waals surface area contributed by atoms with Gasteiger partial charge in [0.15, 0.2) is 0 Å². The summed E-state index contributed by atoms with van der Waals surface area (Å²) in [6.07, 6.45) is -0.490. The lowest BCUT2D eigenvalue weighted by Crippen LogP contribution is -2.43. The number of ether oxygens (including phenoxy) is 1. The zero-order valence-corrected chi connectivity index (χ0v) is 11.8. The number of amides is 1. The topological polar surface area (TPSA) is 66.8 Å². The number of carbonyl (C=O) groups is 2. The van der Waals surface area contributed by atoms with E-state index >= 15 is 0 Å². The minimum Gasteiger partial charge on any atom is -0.480 e. The number of hydrogen-bond donors (Lipinski definition) is 1. The van der Waals surface area contributed by atoms with Gasteiger partial charge in [0.2, 0.25) is 0 Å². The fraction of sp³-hybridized carbons (Fsp3) is 0.467. The molecule has 0 saturated carbocycles. The summed E-state index contributed by atoms with van der Waals surface area (Å²) in [5.41, 5.74) is 0.812. The van der Waals surface area contributed by atoms with Gasteiger partial charge in [-0.2, -0.15) is 0 Å². The maximum Gasteiger partial charge on any atom is 0.410 e. The molecular weight excluding hydrogens is 258 g/mol. The number of hydrogen-bond acceptors (Lipinski definition) is 3. The molecule has 1 atom stereocenters. The van der Waals surface area contributed by atoms with Crippen molar-refractivity contribution in [3.05, 3.63) is 35.9 Å². The molecule has 1 aromatic carbocycles. The fourth-order valence-electron chi connectivity index (χ4n) is 1.74. The third-order valence-corrected chi connectivity index (χ3v) is 2.80. The van der Waals surface area contributed by atoms with Gasteiger partial charge in [-0.15, -0.1) is 0 Å². The van der Waals surface area contributed by atoms with Gasteiger partial charge in [0.25, 0.3) is 0 Å². The monoisotopic (exact) mass is 280 g/mol. The minimum atomic E-state index is -1.12. The summed E-state index contributed by atoms with van der Waals surface area (Å²) in [5.74, 6) is -1.02. The molecule has 0 aliphatic heterocycles. The quantitative estimate of drug-likeness (QED) is 0.870. The summed E-state index contributed by atoms with van der Waals surface area (Å²) in [4.78, 5) is 24.2. The van der Waals surface area contributed by atoms with Crippen molar-refractivity contribution in [1.29, 1.82) is 0 Å². The Labute approximate surface area is 120 Å². The molecule has 0 unspecified atom stereocenters. The van der Waals surface area contributed by atoms with E-state index in [4.69, 9.17) is 6.11 Å². The number of carboxylic acids is 1. The van der Waals surface area contributed by atoms with Crippen LogP contribution in [0, 0.1) is 5.92 Å². The number of nitrogens with zero attached hydrogens (tertiary/aromatic N) is 1. The second kappa shape index (κ2) is 7.53. The number of benzene rings is 1. The molecule has 5 heteroatoms. The largest absolute Gasteiger partial charge is 0.480 e. The molecule has 0 aliphatic rings. The average Bonchev–Trinajstić information content (AvgIpc) is 2.45. The molecule has 5 nitrogen and oxygen atoms in total. The van der Waals surface area contributed by atoms with Crippen LogP contribution in [0.1, 0.15) is 27.2 Å². The van der Waals surface area contributed by atoms with Crippen LogP contribution in [-0.2, 0) is 16.1 Å². The highest BCUT2D eigenvalue weighted by Gasteiger charge is 2.28. The van der Waals surface area contributed by atoms with Crippen LogP contribution in [0.4, 0.5) is 4.79 Å². The lowest BCUT2D eigenvalue weighted by molar-refractivity contribution is -0.142. The number of carbonyl (C=O) groups excluding carboxylic acids is 1. The van der Waals surface area contributed by atoms with Gasteiger partial charge in [-0.25, -0.2) is 9.59 Å². The molecule has 1 N–H and O–H groups in total. The Morgan fingerprint density at radius 3 is 2.50 bits per heavy atom. The summed E-state index contributed by atoms with van der Waals surface area (Å²) in [7, 11) is -0.447. The van der Waals surface area contributed by atoms with E-state index in [9.17, 15) is 14.7 Å². The van der Waals surface area contributed by atoms with Gasteiger partial charge in [0, 0.05) is 8.39 Å². The standard InChI is InChI=1S/C15H21NO4/c1-11(2)9-13(14(17)18)16(3)15(19)20-10-12-7-5-4-6-8-12/h4-8,11,13H,9-10H2,1-3H3,(H,17,18)/t13-/m0/s1/i3D. The van der Waals surface area contributed by atoms with Crippen molar-refractivity contribution in [3.8, 4) is 0 Å². The smallest absolute Gasteiger partial charge is 0.410 e. The maximum atomic E-state index is 12.0. The first kappa shape index (κ1) is 14.4. The van der Waals surface area contributed by atoms with Gasteiger partial charge in [-0.05, 0) is 17.9 Å². The van der Waals surface area contributed by atoms with Crippen LogP contribution in [-0.4, -0.2) is 35.1 Å². The van der Waals surface area contributed by atoms with E-state index in [1.54, 1.807) is 12.1 Å². The molecule has 0 bridgehead atoms. The maximum absolute atomic E-state index is 12.0. The lowest BCUT2D eigenvalue weighted by Gasteiger charge is -2.25. The molecular formula is C15H21NO4. The molecule has 0 radical (unpaired) electrons. The molecule has 0 spiro atoms. The Kier molecular flexibility index (Phi) is 5.41. The predicted molar refractivity (Wildman–Crippen MR) is 75.3 cm³/mol. The van der Waals surface area contributed by atoms with Gasteiger partial charge in [-0.3, -0.25) is 4.90 Å². The van der Waals surface area contributed by atoms with Crippen molar-refractivity contribution in [2.45, 2.75) is 32.9 Å². The number of rotatable bonds is 6. The van der Waals surface area contributed by atoms with Crippen LogP contribution in [0.15, 0.2) is 30.3 Å². The average molecular weight is 280 g/mol. The highest BCUT2D eigenvalue weighted by atomic mass is 16.6.